The van der Waals surface area contributed by atoms with Crippen LogP contribution in [0, 0.1) is 0 Å². The molecule has 104 valence electrons. The molecule has 1 aliphatic rings. The largest absolute Gasteiger partial charge is 0.466 e. The van der Waals surface area contributed by atoms with Crippen molar-refractivity contribution in [2.75, 3.05) is 0 Å². The van der Waals surface area contributed by atoms with Crippen molar-refractivity contribution in [3.05, 3.63) is 0 Å². The Bertz CT molecular complexity index is 211. The van der Waals surface area contributed by atoms with Crippen molar-refractivity contribution in [3.8, 4) is 0 Å². The van der Waals surface area contributed by atoms with Gasteiger partial charge in [-0.2, -0.15) is 0 Å². The van der Waals surface area contributed by atoms with Crippen molar-refractivity contribution in [3.63, 3.8) is 0 Å². The number of hydrogen-bond donors (Lipinski definition) is 9. The van der Waals surface area contributed by atoms with E-state index in [1.807, 2.05) is 0 Å². The van der Waals surface area contributed by atoms with Gasteiger partial charge in [0.15, 0.2) is 0 Å². The lowest BCUT2D eigenvalue weighted by atomic mass is 9.85. The SMILES string of the molecule is O=P(O)(O)O.OC1C(O)C(O)C(O)C(O)C1O. The van der Waals surface area contributed by atoms with E-state index in [4.69, 9.17) is 49.9 Å². The summed E-state index contributed by atoms with van der Waals surface area (Å²) in [6, 6.07) is 0. The molecular weight excluding hydrogens is 263 g/mol. The van der Waals surface area contributed by atoms with Crippen molar-refractivity contribution in [2.45, 2.75) is 36.6 Å². The van der Waals surface area contributed by atoms with E-state index in [-0.39, 0.29) is 0 Å². The number of aliphatic hydroxyl groups is 6. The van der Waals surface area contributed by atoms with Gasteiger partial charge in [0.25, 0.3) is 0 Å². The molecule has 0 aromatic carbocycles. The van der Waals surface area contributed by atoms with Gasteiger partial charge < -0.3 is 45.3 Å². The molecule has 0 bridgehead atoms. The molecule has 10 nitrogen and oxygen atoms in total. The summed E-state index contributed by atoms with van der Waals surface area (Å²) in [5.41, 5.74) is 0. The first kappa shape index (κ1) is 16.9. The van der Waals surface area contributed by atoms with Crippen LogP contribution in [0.25, 0.3) is 0 Å². The minimum Gasteiger partial charge on any atom is -0.387 e. The fraction of sp³-hybridized carbons (Fsp3) is 1.00. The van der Waals surface area contributed by atoms with Crippen molar-refractivity contribution in [1.29, 1.82) is 0 Å². The molecule has 1 fully saturated rings. The molecule has 17 heavy (non-hydrogen) atoms. The second-order valence-corrected chi connectivity index (χ2v) is 4.48. The third kappa shape index (κ3) is 5.36. The first-order chi connectivity index (χ1) is 7.46. The van der Waals surface area contributed by atoms with E-state index in [0.29, 0.717) is 0 Å². The zero-order valence-electron chi connectivity index (χ0n) is 8.34. The normalized spacial score (nSPS) is 42.6. The van der Waals surface area contributed by atoms with Crippen LogP contribution in [0.2, 0.25) is 0 Å². The van der Waals surface area contributed by atoms with Crippen LogP contribution in [-0.2, 0) is 4.57 Å². The quantitative estimate of drug-likeness (QED) is 0.194. The number of hydrogen-bond acceptors (Lipinski definition) is 7. The summed E-state index contributed by atoms with van der Waals surface area (Å²) in [6.07, 6.45) is -9.84. The Labute approximate surface area is 95.3 Å². The first-order valence-corrected chi connectivity index (χ1v) is 5.90. The average molecular weight is 278 g/mol. The van der Waals surface area contributed by atoms with Crippen molar-refractivity contribution in [2.24, 2.45) is 0 Å². The van der Waals surface area contributed by atoms with Gasteiger partial charge in [-0.05, 0) is 0 Å². The standard InChI is InChI=1S/C6H12O6.H3O4P/c7-1-2(8)4(10)6(12)5(11)3(1)9;1-5(2,3)4/h1-12H;(H3,1,2,3,4). The summed E-state index contributed by atoms with van der Waals surface area (Å²) in [7, 11) is -4.64. The van der Waals surface area contributed by atoms with E-state index in [2.05, 4.69) is 0 Å². The number of phosphoric acid groups is 1. The summed E-state index contributed by atoms with van der Waals surface area (Å²) in [6.45, 7) is 0. The molecule has 0 spiro atoms. The van der Waals surface area contributed by atoms with Gasteiger partial charge in [-0.1, -0.05) is 0 Å². The van der Waals surface area contributed by atoms with E-state index in [9.17, 15) is 0 Å². The predicted octanol–water partition coefficient (Wildman–Crippen LogP) is -4.76. The Morgan fingerprint density at radius 1 is 0.529 bits per heavy atom. The summed E-state index contributed by atoms with van der Waals surface area (Å²) >= 11 is 0. The van der Waals surface area contributed by atoms with Gasteiger partial charge in [-0.25, -0.2) is 4.57 Å². The van der Waals surface area contributed by atoms with Gasteiger partial charge in [-0.3, -0.25) is 0 Å². The monoisotopic (exact) mass is 278 g/mol. The van der Waals surface area contributed by atoms with Crippen molar-refractivity contribution < 1.29 is 49.9 Å². The van der Waals surface area contributed by atoms with Gasteiger partial charge in [0.2, 0.25) is 0 Å². The lowest BCUT2D eigenvalue weighted by Gasteiger charge is -2.39. The maximum absolute atomic E-state index is 8.97. The van der Waals surface area contributed by atoms with Crippen LogP contribution in [0.1, 0.15) is 0 Å². The number of aliphatic hydroxyl groups excluding tert-OH is 6. The van der Waals surface area contributed by atoms with Crippen LogP contribution in [0.5, 0.6) is 0 Å². The second kappa shape index (κ2) is 6.16. The molecule has 0 aromatic rings. The first-order valence-electron chi connectivity index (χ1n) is 4.33. The molecule has 0 heterocycles. The van der Waals surface area contributed by atoms with Gasteiger partial charge in [0.1, 0.15) is 36.6 Å². The summed E-state index contributed by atoms with van der Waals surface area (Å²) in [4.78, 5) is 21.6. The Morgan fingerprint density at radius 2 is 0.588 bits per heavy atom. The van der Waals surface area contributed by atoms with Crippen LogP contribution in [-0.4, -0.2) is 81.9 Å². The van der Waals surface area contributed by atoms with Gasteiger partial charge in [0.05, 0.1) is 0 Å². The molecule has 1 saturated carbocycles. The Balaban J connectivity index is 0.000000437. The second-order valence-electron chi connectivity index (χ2n) is 3.46. The minimum atomic E-state index is -4.64. The smallest absolute Gasteiger partial charge is 0.387 e. The van der Waals surface area contributed by atoms with Gasteiger partial charge in [-0.15, -0.1) is 0 Å². The molecule has 11 heteroatoms. The molecule has 0 amide bonds. The maximum Gasteiger partial charge on any atom is 0.466 e. The van der Waals surface area contributed by atoms with Crippen LogP contribution < -0.4 is 0 Å². The summed E-state index contributed by atoms with van der Waals surface area (Å²) < 4.78 is 8.88. The number of rotatable bonds is 0. The van der Waals surface area contributed by atoms with E-state index in [1.165, 1.54) is 0 Å². The lowest BCUT2D eigenvalue weighted by Crippen LogP contribution is -2.63. The summed E-state index contributed by atoms with van der Waals surface area (Å²) in [5.74, 6) is 0. The fourth-order valence-electron chi connectivity index (χ4n) is 1.21. The highest BCUT2D eigenvalue weighted by Gasteiger charge is 2.47. The molecule has 0 aliphatic heterocycles. The minimum absolute atomic E-state index is 1.64. The van der Waals surface area contributed by atoms with Crippen LogP contribution in [0.15, 0.2) is 0 Å². The molecule has 1 aliphatic carbocycles. The molecule has 0 radical (unpaired) electrons. The molecule has 9 N–H and O–H groups in total. The summed E-state index contributed by atoms with van der Waals surface area (Å²) in [5, 5.41) is 53.8. The van der Waals surface area contributed by atoms with E-state index in [0.717, 1.165) is 0 Å². The van der Waals surface area contributed by atoms with Gasteiger partial charge >= 0.3 is 7.82 Å². The molecule has 1 rings (SSSR count). The average Bonchev–Trinajstić information content (AvgIpc) is 2.18. The van der Waals surface area contributed by atoms with Crippen molar-refractivity contribution >= 4 is 7.82 Å². The van der Waals surface area contributed by atoms with E-state index >= 15 is 0 Å². The third-order valence-corrected chi connectivity index (χ3v) is 2.10. The Hall–Kier alpha value is -0.130. The molecule has 0 saturated heterocycles. The van der Waals surface area contributed by atoms with Crippen molar-refractivity contribution in [1.82, 2.24) is 0 Å². The predicted molar refractivity (Wildman–Crippen MR) is 50.3 cm³/mol. The van der Waals surface area contributed by atoms with E-state index < -0.39 is 44.4 Å². The molecule has 0 atom stereocenters. The van der Waals surface area contributed by atoms with Gasteiger partial charge in [0, 0.05) is 0 Å². The topological polar surface area (TPSA) is 199 Å². The van der Waals surface area contributed by atoms with Crippen LogP contribution >= 0.6 is 7.82 Å². The highest BCUT2D eigenvalue weighted by Crippen LogP contribution is 2.25. The fourth-order valence-corrected chi connectivity index (χ4v) is 1.21. The zero-order valence-corrected chi connectivity index (χ0v) is 9.24. The molecule has 0 unspecified atom stereocenters. The van der Waals surface area contributed by atoms with E-state index in [1.54, 1.807) is 0 Å². The highest BCUT2D eigenvalue weighted by atomic mass is 31.2. The molecular formula is C6H15O10P. The Morgan fingerprint density at radius 3 is 0.647 bits per heavy atom. The Kier molecular flexibility index (Phi) is 6.11. The molecule has 0 aromatic heterocycles. The van der Waals surface area contributed by atoms with Crippen LogP contribution in [0.3, 0.4) is 0 Å². The highest BCUT2D eigenvalue weighted by molar-refractivity contribution is 7.45. The lowest BCUT2D eigenvalue weighted by molar-refractivity contribution is -0.223. The third-order valence-electron chi connectivity index (χ3n) is 2.10. The van der Waals surface area contributed by atoms with Crippen LogP contribution in [0.4, 0.5) is 0 Å². The zero-order chi connectivity index (χ0) is 14.0. The maximum atomic E-state index is 8.97.